The van der Waals surface area contributed by atoms with Crippen LogP contribution in [0, 0.1) is 0 Å². The molecule has 0 aromatic heterocycles. The Balaban J connectivity index is 0.000000175. The van der Waals surface area contributed by atoms with Crippen LogP contribution in [0.4, 0.5) is 22.7 Å². The van der Waals surface area contributed by atoms with Crippen LogP contribution in [-0.2, 0) is 0 Å². The van der Waals surface area contributed by atoms with Gasteiger partial charge in [-0.3, -0.25) is 0 Å². The number of nitrogens with one attached hydrogen (secondary N) is 1. The Morgan fingerprint density at radius 1 is 0.516 bits per heavy atom. The van der Waals surface area contributed by atoms with Gasteiger partial charge in [-0.15, -0.1) is 0 Å². The smallest absolute Gasteiger partial charge is 0.114 e. The zero-order chi connectivity index (χ0) is 22.3. The highest BCUT2D eigenvalue weighted by molar-refractivity contribution is 6.22. The van der Waals surface area contributed by atoms with Crippen molar-refractivity contribution in [2.75, 3.05) is 21.2 Å². The molecule has 160 valence electrons. The first kappa shape index (κ1) is 24.2. The number of para-hydroxylation sites is 4. The average molecular weight is 460 g/mol. The van der Waals surface area contributed by atoms with E-state index in [0.29, 0.717) is 0 Å². The van der Waals surface area contributed by atoms with Gasteiger partial charge in [0.1, 0.15) is 31.2 Å². The van der Waals surface area contributed by atoms with Crippen molar-refractivity contribution >= 4 is 54.0 Å². The van der Waals surface area contributed by atoms with Gasteiger partial charge in [-0.1, -0.05) is 72.8 Å². The van der Waals surface area contributed by atoms with Crippen LogP contribution in [0.15, 0.2) is 121 Å². The molecule has 0 radical (unpaired) electrons. The molecular weight excluding hydrogens is 427 g/mol. The Hall–Kier alpha value is -3.07. The monoisotopic (exact) mass is 459 g/mol. The molecule has 0 fully saturated rings. The fourth-order valence-corrected chi connectivity index (χ4v) is 4.01. The van der Waals surface area contributed by atoms with E-state index >= 15 is 0 Å². The first-order valence-electron chi connectivity index (χ1n) is 10.4. The number of hydrogen-bond donors (Lipinski definition) is 1. The molecule has 4 aromatic carbocycles. The van der Waals surface area contributed by atoms with E-state index in [-0.39, 0.29) is 0 Å². The van der Waals surface area contributed by atoms with Gasteiger partial charge in [0.15, 0.2) is 0 Å². The fourth-order valence-electron chi connectivity index (χ4n) is 2.78. The van der Waals surface area contributed by atoms with E-state index in [9.17, 15) is 0 Å². The number of anilines is 4. The Bertz CT molecular complexity index is 915. The molecule has 0 saturated heterocycles. The van der Waals surface area contributed by atoms with E-state index in [1.54, 1.807) is 0 Å². The Morgan fingerprint density at radius 3 is 1.10 bits per heavy atom. The maximum Gasteiger partial charge on any atom is 0.114 e. The van der Waals surface area contributed by atoms with Crippen molar-refractivity contribution in [3.05, 3.63) is 121 Å². The summed E-state index contributed by atoms with van der Waals surface area (Å²) in [6.45, 7) is 0. The van der Waals surface area contributed by atoms with Crippen LogP contribution in [0.3, 0.4) is 0 Å². The van der Waals surface area contributed by atoms with Gasteiger partial charge >= 0.3 is 0 Å². The average Bonchev–Trinajstić information content (AvgIpc) is 2.86. The molecule has 4 rings (SSSR count). The van der Waals surface area contributed by atoms with Gasteiger partial charge in [0, 0.05) is 22.7 Å². The minimum atomic E-state index is 0.998. The molecule has 0 aliphatic rings. The first-order valence-corrected chi connectivity index (χ1v) is 13.2. The van der Waals surface area contributed by atoms with Crippen LogP contribution in [0.5, 0.6) is 0 Å². The lowest BCUT2D eigenvalue weighted by Gasteiger charge is -2.19. The zero-order valence-electron chi connectivity index (χ0n) is 18.9. The molecule has 0 atom stereocenters. The van der Waals surface area contributed by atoms with E-state index in [1.165, 1.54) is 22.7 Å². The first-order chi connectivity index (χ1) is 15.1. The van der Waals surface area contributed by atoms with Crippen molar-refractivity contribution in [3.63, 3.8) is 0 Å². The van der Waals surface area contributed by atoms with Crippen LogP contribution in [0.1, 0.15) is 0 Å². The van der Waals surface area contributed by atoms with E-state index in [1.807, 2.05) is 36.4 Å². The third-order valence-electron chi connectivity index (χ3n) is 4.62. The minimum absolute atomic E-state index is 0.998. The van der Waals surface area contributed by atoms with Crippen LogP contribution >= 0.6 is 0 Å². The molecule has 0 heterocycles. The minimum Gasteiger partial charge on any atom is -0.419 e. The lowest BCUT2D eigenvalue weighted by Crippen LogP contribution is -2.10. The number of benzene rings is 4. The highest BCUT2D eigenvalue weighted by Gasteiger charge is 2.00. The summed E-state index contributed by atoms with van der Waals surface area (Å²) in [5, 5.41) is 0. The van der Waals surface area contributed by atoms with E-state index in [4.69, 9.17) is 0 Å². The largest absolute Gasteiger partial charge is 0.419 e. The zero-order valence-corrected chi connectivity index (χ0v) is 24.9. The lowest BCUT2D eigenvalue weighted by molar-refractivity contribution is 1.34. The second-order valence-corrected chi connectivity index (χ2v) is 9.81. The maximum atomic E-state index is 3.17. The predicted molar refractivity (Wildman–Crippen MR) is 150 cm³/mol. The normalized spacial score (nSPS) is 9.58. The summed E-state index contributed by atoms with van der Waals surface area (Å²) in [7, 11) is 5.21. The summed E-state index contributed by atoms with van der Waals surface area (Å²) in [5.74, 6) is 0. The van der Waals surface area contributed by atoms with Crippen LogP contribution < -0.4 is 14.1 Å². The van der Waals surface area contributed by atoms with Gasteiger partial charge in [-0.2, -0.15) is 0 Å². The molecule has 0 aliphatic heterocycles. The second-order valence-electron chi connectivity index (χ2n) is 7.08. The van der Waals surface area contributed by atoms with Crippen LogP contribution in [-0.4, -0.2) is 38.3 Å². The summed E-state index contributed by atoms with van der Waals surface area (Å²) in [4.78, 5) is 3.17. The van der Waals surface area contributed by atoms with Gasteiger partial charge in [0.05, 0.1) is 0 Å². The van der Waals surface area contributed by atoms with Gasteiger partial charge in [0.25, 0.3) is 0 Å². The van der Waals surface area contributed by atoms with Crippen molar-refractivity contribution in [2.45, 2.75) is 0 Å². The number of hydrogen-bond acceptors (Lipinski definition) is 3. The summed E-state index contributed by atoms with van der Waals surface area (Å²) >= 11 is 0. The highest BCUT2D eigenvalue weighted by Crippen LogP contribution is 2.21. The Labute approximate surface area is 196 Å². The molecule has 4 aromatic rings. The molecule has 1 N–H and O–H groups in total. The summed E-state index contributed by atoms with van der Waals surface area (Å²) < 4.78 is 4.53. The molecule has 0 bridgehead atoms. The van der Waals surface area contributed by atoms with E-state index < -0.39 is 0 Å². The maximum absolute atomic E-state index is 3.17. The van der Waals surface area contributed by atoms with Gasteiger partial charge in [0.2, 0.25) is 0 Å². The number of nitrogens with zero attached hydrogens (tertiary/aromatic N) is 2. The fraction of sp³-hybridized carbons (Fsp3) is 0.0400. The lowest BCUT2D eigenvalue weighted by atomic mass is 10.3. The van der Waals surface area contributed by atoms with E-state index in [2.05, 4.69) is 106 Å². The molecule has 0 aliphatic carbocycles. The SMILES string of the molecule is CN([SiH3])c1ccccc1.[SiH3]N(c1ccccc1)c1ccccc1.[SiH3]Nc1ccccc1. The Morgan fingerprint density at radius 2 is 0.839 bits per heavy atom. The van der Waals surface area contributed by atoms with Crippen molar-refractivity contribution < 1.29 is 0 Å². The molecule has 3 nitrogen and oxygen atoms in total. The van der Waals surface area contributed by atoms with Crippen molar-refractivity contribution in [2.24, 2.45) is 0 Å². The molecule has 0 saturated carbocycles. The molecule has 0 unspecified atom stereocenters. The molecule has 31 heavy (non-hydrogen) atoms. The van der Waals surface area contributed by atoms with Crippen molar-refractivity contribution in [3.8, 4) is 0 Å². The standard InChI is InChI=1S/C12H13NSi.C7H11NSi.C6H9NSi/c14-13(11-7-3-1-4-8-11)12-9-5-2-6-10-12;1-8(9)7-5-3-2-4-6-7;8-7-6-4-2-1-3-5-6/h1-10H,14H3;2-6H,1,9H3;1-5,7H,8H3. The highest BCUT2D eigenvalue weighted by atomic mass is 28.2. The van der Waals surface area contributed by atoms with Crippen LogP contribution in [0.25, 0.3) is 0 Å². The predicted octanol–water partition coefficient (Wildman–Crippen LogP) is 2.89. The number of rotatable bonds is 4. The quantitative estimate of drug-likeness (QED) is 0.474. The molecular formula is C25H33N3Si3. The van der Waals surface area contributed by atoms with Gasteiger partial charge in [-0.05, 0) is 55.6 Å². The molecule has 6 heteroatoms. The molecule has 0 amide bonds. The summed E-state index contributed by atoms with van der Waals surface area (Å²) in [5.41, 5.74) is 5.07. The summed E-state index contributed by atoms with van der Waals surface area (Å²) in [6.07, 6.45) is 0. The van der Waals surface area contributed by atoms with Gasteiger partial charge in [-0.25, -0.2) is 0 Å². The third kappa shape index (κ3) is 9.08. The van der Waals surface area contributed by atoms with Gasteiger partial charge < -0.3 is 14.1 Å². The van der Waals surface area contributed by atoms with E-state index in [0.717, 1.165) is 31.2 Å². The Kier molecular flexibility index (Phi) is 11.0. The third-order valence-corrected chi connectivity index (χ3v) is 6.75. The van der Waals surface area contributed by atoms with Crippen molar-refractivity contribution in [1.29, 1.82) is 0 Å². The summed E-state index contributed by atoms with van der Waals surface area (Å²) in [6, 6.07) is 41.5. The van der Waals surface area contributed by atoms with Crippen molar-refractivity contribution in [1.82, 2.24) is 0 Å². The van der Waals surface area contributed by atoms with Crippen LogP contribution in [0.2, 0.25) is 0 Å². The topological polar surface area (TPSA) is 18.5 Å². The second kappa shape index (κ2) is 14.0. The molecule has 0 spiro atoms.